The van der Waals surface area contributed by atoms with Crippen LogP contribution in [-0.2, 0) is 9.59 Å². The number of amides is 2. The van der Waals surface area contributed by atoms with Crippen LogP contribution < -0.4 is 10.5 Å². The second-order valence-electron chi connectivity index (χ2n) is 6.13. The number of hydrogen-bond acceptors (Lipinski definition) is 5. The molecule has 1 fully saturated rings. The Balaban J connectivity index is 1.90. The zero-order valence-electron chi connectivity index (χ0n) is 14.6. The molecule has 1 saturated heterocycles. The first-order valence-corrected chi connectivity index (χ1v) is 9.10. The first kappa shape index (κ1) is 20.2. The highest BCUT2D eigenvalue weighted by molar-refractivity contribution is 6.32. The molecule has 1 heterocycles. The van der Waals surface area contributed by atoms with Gasteiger partial charge in [0.25, 0.3) is 0 Å². The summed E-state index contributed by atoms with van der Waals surface area (Å²) in [5.41, 5.74) is 5.44. The molecule has 0 aromatic heterocycles. The lowest BCUT2D eigenvalue weighted by molar-refractivity contribution is -0.139. The normalized spacial score (nSPS) is 17.1. The van der Waals surface area contributed by atoms with Gasteiger partial charge in [-0.1, -0.05) is 30.2 Å². The molecule has 7 nitrogen and oxygen atoms in total. The zero-order valence-corrected chi connectivity index (χ0v) is 15.4. The minimum Gasteiger partial charge on any atom is -0.409 e. The number of carbonyl (C=O) groups excluding carboxylic acids is 3. The molecule has 26 heavy (non-hydrogen) atoms. The summed E-state index contributed by atoms with van der Waals surface area (Å²) in [6, 6.07) is 6.01. The number of unbranched alkanes of at least 4 members (excludes halogenated alkanes) is 2. The molecule has 0 radical (unpaired) electrons. The Morgan fingerprint density at radius 1 is 1.23 bits per heavy atom. The molecule has 2 N–H and O–H groups in total. The number of nitrogens with two attached hydrogens (primary N) is 1. The van der Waals surface area contributed by atoms with E-state index in [1.54, 1.807) is 24.3 Å². The molecule has 0 spiro atoms. The van der Waals surface area contributed by atoms with Crippen LogP contribution in [0.1, 0.15) is 25.7 Å². The number of ether oxygens (including phenoxy) is 1. The summed E-state index contributed by atoms with van der Waals surface area (Å²) >= 11 is 5.99. The van der Waals surface area contributed by atoms with Gasteiger partial charge in [-0.25, -0.2) is 4.79 Å². The fourth-order valence-electron chi connectivity index (χ4n) is 2.83. The summed E-state index contributed by atoms with van der Waals surface area (Å²) in [6.45, 7) is 1.33. The minimum atomic E-state index is -0.662. The Labute approximate surface area is 158 Å². The number of nitrogens with zero attached hydrogens (tertiary/aromatic N) is 2. The topological polar surface area (TPSA) is 92.9 Å². The van der Waals surface area contributed by atoms with E-state index in [-0.39, 0.29) is 18.2 Å². The molecule has 1 aliphatic rings. The number of piperazine rings is 1. The highest BCUT2D eigenvalue weighted by Crippen LogP contribution is 2.24. The molecule has 1 aliphatic heterocycles. The third-order valence-corrected chi connectivity index (χ3v) is 4.60. The highest BCUT2D eigenvalue weighted by atomic mass is 35.5. The van der Waals surface area contributed by atoms with Gasteiger partial charge >= 0.3 is 6.09 Å². The summed E-state index contributed by atoms with van der Waals surface area (Å²) in [5.74, 6) is 0.193. The molecule has 2 rings (SSSR count). The van der Waals surface area contributed by atoms with Gasteiger partial charge in [0.05, 0.1) is 11.6 Å². The van der Waals surface area contributed by atoms with Crippen LogP contribution in [0.2, 0.25) is 5.02 Å². The first-order chi connectivity index (χ1) is 12.6. The molecule has 142 valence electrons. The van der Waals surface area contributed by atoms with Gasteiger partial charge in [0.1, 0.15) is 12.3 Å². The Bertz CT molecular complexity index is 641. The number of rotatable bonds is 7. The fourth-order valence-corrected chi connectivity index (χ4v) is 3.00. The largest absolute Gasteiger partial charge is 0.415 e. The van der Waals surface area contributed by atoms with E-state index in [0.29, 0.717) is 37.4 Å². The van der Waals surface area contributed by atoms with Crippen molar-refractivity contribution < 1.29 is 19.1 Å². The number of benzene rings is 1. The van der Waals surface area contributed by atoms with E-state index in [4.69, 9.17) is 22.1 Å². The number of hydrogen-bond donors (Lipinski definition) is 1. The van der Waals surface area contributed by atoms with E-state index in [1.807, 2.05) is 0 Å². The van der Waals surface area contributed by atoms with Crippen molar-refractivity contribution >= 4 is 29.9 Å². The molecule has 1 aromatic rings. The molecule has 0 aliphatic carbocycles. The smallest absolute Gasteiger partial charge is 0.409 e. The molecule has 0 unspecified atom stereocenters. The Kier molecular flexibility index (Phi) is 7.87. The molecular formula is C18H24ClN3O4. The molecule has 0 bridgehead atoms. The lowest BCUT2D eigenvalue weighted by atomic mass is 10.1. The predicted molar refractivity (Wildman–Crippen MR) is 98.1 cm³/mol. The maximum atomic E-state index is 12.3. The van der Waals surface area contributed by atoms with Crippen LogP contribution in [0.15, 0.2) is 24.3 Å². The average Bonchev–Trinajstić information content (AvgIpc) is 2.66. The molecule has 2 amide bonds. The van der Waals surface area contributed by atoms with Crippen molar-refractivity contribution in [2.75, 3.05) is 26.2 Å². The third-order valence-electron chi connectivity index (χ3n) is 4.28. The molecular weight excluding hydrogens is 358 g/mol. The van der Waals surface area contributed by atoms with Gasteiger partial charge in [-0.15, -0.1) is 0 Å². The van der Waals surface area contributed by atoms with Gasteiger partial charge in [-0.05, 0) is 31.5 Å². The summed E-state index contributed by atoms with van der Waals surface area (Å²) in [7, 11) is 0. The van der Waals surface area contributed by atoms with E-state index in [9.17, 15) is 14.4 Å². The second kappa shape index (κ2) is 10.1. The van der Waals surface area contributed by atoms with Crippen LogP contribution in [0.5, 0.6) is 5.75 Å². The van der Waals surface area contributed by atoms with Gasteiger partial charge in [0.2, 0.25) is 5.91 Å². The van der Waals surface area contributed by atoms with Gasteiger partial charge in [0, 0.05) is 19.5 Å². The molecule has 1 atom stereocenters. The van der Waals surface area contributed by atoms with Crippen molar-refractivity contribution in [1.82, 2.24) is 9.80 Å². The van der Waals surface area contributed by atoms with Crippen LogP contribution in [-0.4, -0.2) is 60.3 Å². The predicted octanol–water partition coefficient (Wildman–Crippen LogP) is 2.07. The van der Waals surface area contributed by atoms with Crippen LogP contribution in [0, 0.1) is 0 Å². The van der Waals surface area contributed by atoms with Gasteiger partial charge in [-0.3, -0.25) is 4.79 Å². The molecule has 0 saturated carbocycles. The van der Waals surface area contributed by atoms with E-state index in [2.05, 4.69) is 0 Å². The van der Waals surface area contributed by atoms with Crippen molar-refractivity contribution in [3.8, 4) is 5.75 Å². The van der Waals surface area contributed by atoms with Crippen LogP contribution in [0.3, 0.4) is 0 Å². The van der Waals surface area contributed by atoms with E-state index >= 15 is 0 Å². The van der Waals surface area contributed by atoms with Gasteiger partial charge in [-0.2, -0.15) is 0 Å². The zero-order chi connectivity index (χ0) is 18.9. The maximum absolute atomic E-state index is 12.3. The SMILES string of the molecule is NCCCCCC(=O)N1CCN(C(=O)Oc2ccccc2Cl)C[C@H]1C=O. The summed E-state index contributed by atoms with van der Waals surface area (Å²) in [6.07, 6.45) is 3.02. The van der Waals surface area contributed by atoms with Gasteiger partial charge < -0.3 is 25.1 Å². The average molecular weight is 382 g/mol. The van der Waals surface area contributed by atoms with Crippen molar-refractivity contribution in [1.29, 1.82) is 0 Å². The highest BCUT2D eigenvalue weighted by Gasteiger charge is 2.32. The summed E-state index contributed by atoms with van der Waals surface area (Å²) < 4.78 is 5.29. The van der Waals surface area contributed by atoms with Crippen LogP contribution in [0.25, 0.3) is 0 Å². The quantitative estimate of drug-likeness (QED) is 0.576. The van der Waals surface area contributed by atoms with Crippen molar-refractivity contribution in [3.63, 3.8) is 0 Å². The fraction of sp³-hybridized carbons (Fsp3) is 0.500. The van der Waals surface area contributed by atoms with Crippen molar-refractivity contribution in [3.05, 3.63) is 29.3 Å². The number of carbonyl (C=O) groups is 3. The Hall–Kier alpha value is -2.12. The summed E-state index contributed by atoms with van der Waals surface area (Å²) in [4.78, 5) is 39.0. The number of aldehydes is 1. The third kappa shape index (κ3) is 5.44. The molecule has 1 aromatic carbocycles. The lowest BCUT2D eigenvalue weighted by Crippen LogP contribution is -2.57. The van der Waals surface area contributed by atoms with E-state index in [1.165, 1.54) is 9.80 Å². The first-order valence-electron chi connectivity index (χ1n) is 8.73. The minimum absolute atomic E-state index is 0.0711. The number of para-hydroxylation sites is 1. The van der Waals surface area contributed by atoms with Crippen LogP contribution >= 0.6 is 11.6 Å². The monoisotopic (exact) mass is 381 g/mol. The Morgan fingerprint density at radius 2 is 2.00 bits per heavy atom. The maximum Gasteiger partial charge on any atom is 0.415 e. The number of halogens is 1. The molecule has 8 heteroatoms. The van der Waals surface area contributed by atoms with Crippen molar-refractivity contribution in [2.45, 2.75) is 31.7 Å². The second-order valence-corrected chi connectivity index (χ2v) is 6.54. The summed E-state index contributed by atoms with van der Waals surface area (Å²) in [5, 5.41) is 0.332. The standard InChI is InChI=1S/C18H24ClN3O4/c19-15-6-3-4-7-16(15)26-18(25)21-10-11-22(14(12-21)13-23)17(24)8-2-1-5-9-20/h3-4,6-7,13-14H,1-2,5,8-12,20H2/t14-/m0/s1. The van der Waals surface area contributed by atoms with E-state index < -0.39 is 12.1 Å². The van der Waals surface area contributed by atoms with Crippen LogP contribution in [0.4, 0.5) is 4.79 Å². The van der Waals surface area contributed by atoms with Crippen molar-refractivity contribution in [2.24, 2.45) is 5.73 Å². The Morgan fingerprint density at radius 3 is 2.69 bits per heavy atom. The van der Waals surface area contributed by atoms with E-state index in [0.717, 1.165) is 19.3 Å². The van der Waals surface area contributed by atoms with Gasteiger partial charge in [0.15, 0.2) is 5.75 Å². The lowest BCUT2D eigenvalue weighted by Gasteiger charge is -2.38.